The van der Waals surface area contributed by atoms with Crippen LogP contribution in [0.15, 0.2) is 42.5 Å². The van der Waals surface area contributed by atoms with Crippen molar-refractivity contribution in [2.75, 3.05) is 7.11 Å². The molecule has 0 aliphatic rings. The zero-order valence-corrected chi connectivity index (χ0v) is 13.3. The van der Waals surface area contributed by atoms with Gasteiger partial charge in [-0.25, -0.2) is 4.79 Å². The van der Waals surface area contributed by atoms with E-state index < -0.39 is 12.1 Å². The molecule has 1 N–H and O–H groups in total. The maximum absolute atomic E-state index is 11.4. The fourth-order valence-electron chi connectivity index (χ4n) is 1.88. The van der Waals surface area contributed by atoms with E-state index >= 15 is 0 Å². The lowest BCUT2D eigenvalue weighted by atomic mass is 10.1. The standard InChI is InChI=1S/C16H14Cl2O4/c1-21-11-3-5-12(6-4-11)22-15(16(19)20)9-10-2-7-13(17)14(18)8-10/h2-8,15H,9H2,1H3,(H,19,20). The summed E-state index contributed by atoms with van der Waals surface area (Å²) in [5, 5.41) is 10.1. The minimum absolute atomic E-state index is 0.179. The molecule has 0 saturated heterocycles. The van der Waals surface area contributed by atoms with Gasteiger partial charge in [-0.05, 0) is 42.0 Å². The summed E-state index contributed by atoms with van der Waals surface area (Å²) in [5.74, 6) is 0.0684. The Labute approximate surface area is 138 Å². The second-order valence-electron chi connectivity index (χ2n) is 4.57. The van der Waals surface area contributed by atoms with Gasteiger partial charge in [-0.15, -0.1) is 0 Å². The molecule has 0 amide bonds. The molecule has 1 atom stereocenters. The van der Waals surface area contributed by atoms with Crippen molar-refractivity contribution in [1.29, 1.82) is 0 Å². The summed E-state index contributed by atoms with van der Waals surface area (Å²) in [6.07, 6.45) is -0.844. The fraction of sp³-hybridized carbons (Fsp3) is 0.188. The molecule has 2 aromatic carbocycles. The Balaban J connectivity index is 2.12. The summed E-state index contributed by atoms with van der Waals surface area (Å²) in [5.41, 5.74) is 0.732. The van der Waals surface area contributed by atoms with Gasteiger partial charge in [0.1, 0.15) is 11.5 Å². The lowest BCUT2D eigenvalue weighted by molar-refractivity contribution is -0.145. The summed E-state index contributed by atoms with van der Waals surface area (Å²) >= 11 is 11.8. The van der Waals surface area contributed by atoms with Crippen molar-refractivity contribution in [3.05, 3.63) is 58.1 Å². The van der Waals surface area contributed by atoms with Gasteiger partial charge in [0, 0.05) is 6.42 Å². The average molecular weight is 341 g/mol. The van der Waals surface area contributed by atoms with E-state index in [1.807, 2.05) is 0 Å². The molecular weight excluding hydrogens is 327 g/mol. The molecule has 0 radical (unpaired) electrons. The van der Waals surface area contributed by atoms with Crippen LogP contribution in [0.2, 0.25) is 10.0 Å². The summed E-state index contributed by atoms with van der Waals surface area (Å²) in [7, 11) is 1.56. The maximum atomic E-state index is 11.4. The van der Waals surface area contributed by atoms with Crippen molar-refractivity contribution < 1.29 is 19.4 Å². The molecule has 0 fully saturated rings. The van der Waals surface area contributed by atoms with E-state index in [2.05, 4.69) is 0 Å². The summed E-state index contributed by atoms with van der Waals surface area (Å²) in [6, 6.07) is 11.7. The van der Waals surface area contributed by atoms with E-state index in [1.54, 1.807) is 49.6 Å². The Hall–Kier alpha value is -1.91. The van der Waals surface area contributed by atoms with Crippen molar-refractivity contribution in [2.45, 2.75) is 12.5 Å². The first-order chi connectivity index (χ1) is 10.5. The highest BCUT2D eigenvalue weighted by Crippen LogP contribution is 2.24. The van der Waals surface area contributed by atoms with Crippen LogP contribution in [0.5, 0.6) is 11.5 Å². The number of hydrogen-bond acceptors (Lipinski definition) is 3. The number of aliphatic carboxylic acids is 1. The Morgan fingerprint density at radius 3 is 2.27 bits per heavy atom. The molecule has 0 saturated carbocycles. The van der Waals surface area contributed by atoms with Crippen molar-refractivity contribution >= 4 is 29.2 Å². The van der Waals surface area contributed by atoms with Crippen molar-refractivity contribution in [2.24, 2.45) is 0 Å². The number of carbonyl (C=O) groups is 1. The van der Waals surface area contributed by atoms with E-state index in [1.165, 1.54) is 0 Å². The van der Waals surface area contributed by atoms with Gasteiger partial charge in [-0.3, -0.25) is 0 Å². The number of ether oxygens (including phenoxy) is 2. The first-order valence-corrected chi connectivity index (χ1v) is 7.22. The minimum atomic E-state index is -1.05. The van der Waals surface area contributed by atoms with E-state index in [4.69, 9.17) is 32.7 Å². The highest BCUT2D eigenvalue weighted by molar-refractivity contribution is 6.42. The van der Waals surface area contributed by atoms with Crippen LogP contribution >= 0.6 is 23.2 Å². The van der Waals surface area contributed by atoms with Gasteiger partial charge in [0.25, 0.3) is 0 Å². The fourth-order valence-corrected chi connectivity index (χ4v) is 2.20. The van der Waals surface area contributed by atoms with Crippen molar-refractivity contribution in [3.8, 4) is 11.5 Å². The predicted octanol–water partition coefficient (Wildman–Crippen LogP) is 4.08. The molecule has 0 heterocycles. The van der Waals surface area contributed by atoms with E-state index in [0.29, 0.717) is 21.5 Å². The van der Waals surface area contributed by atoms with Crippen molar-refractivity contribution in [3.63, 3.8) is 0 Å². The molecule has 4 nitrogen and oxygen atoms in total. The molecule has 6 heteroatoms. The largest absolute Gasteiger partial charge is 0.497 e. The number of benzene rings is 2. The van der Waals surface area contributed by atoms with Gasteiger partial charge in [-0.1, -0.05) is 29.3 Å². The topological polar surface area (TPSA) is 55.8 Å². The third-order valence-electron chi connectivity index (χ3n) is 3.02. The SMILES string of the molecule is COc1ccc(OC(Cc2ccc(Cl)c(Cl)c2)C(=O)O)cc1. The van der Waals surface area contributed by atoms with Gasteiger partial charge in [0.05, 0.1) is 17.2 Å². The molecule has 0 spiro atoms. The third-order valence-corrected chi connectivity index (χ3v) is 3.76. The van der Waals surface area contributed by atoms with Gasteiger partial charge in [0.15, 0.2) is 6.10 Å². The van der Waals surface area contributed by atoms with Crippen LogP contribution in [-0.4, -0.2) is 24.3 Å². The monoisotopic (exact) mass is 340 g/mol. The first-order valence-electron chi connectivity index (χ1n) is 6.47. The zero-order valence-electron chi connectivity index (χ0n) is 11.8. The van der Waals surface area contributed by atoms with E-state index in [-0.39, 0.29) is 6.42 Å². The summed E-state index contributed by atoms with van der Waals surface area (Å²) in [6.45, 7) is 0. The van der Waals surface area contributed by atoms with Crippen LogP contribution in [0.3, 0.4) is 0 Å². The Morgan fingerprint density at radius 2 is 1.73 bits per heavy atom. The second kappa shape index (κ2) is 7.38. The smallest absolute Gasteiger partial charge is 0.345 e. The Kier molecular flexibility index (Phi) is 5.52. The molecule has 2 rings (SSSR count). The van der Waals surface area contributed by atoms with Crippen LogP contribution in [0.25, 0.3) is 0 Å². The van der Waals surface area contributed by atoms with Crippen molar-refractivity contribution in [1.82, 2.24) is 0 Å². The highest BCUT2D eigenvalue weighted by atomic mass is 35.5. The second-order valence-corrected chi connectivity index (χ2v) is 5.39. The Bertz CT molecular complexity index is 656. The minimum Gasteiger partial charge on any atom is -0.497 e. The van der Waals surface area contributed by atoms with Crippen LogP contribution in [0, 0.1) is 0 Å². The van der Waals surface area contributed by atoms with Gasteiger partial charge >= 0.3 is 5.97 Å². The number of rotatable bonds is 6. The highest BCUT2D eigenvalue weighted by Gasteiger charge is 2.20. The normalized spacial score (nSPS) is 11.8. The molecule has 2 aromatic rings. The maximum Gasteiger partial charge on any atom is 0.345 e. The lowest BCUT2D eigenvalue weighted by Crippen LogP contribution is -2.29. The predicted molar refractivity (Wildman–Crippen MR) is 85.2 cm³/mol. The van der Waals surface area contributed by atoms with Gasteiger partial charge in [-0.2, -0.15) is 0 Å². The number of halogens is 2. The molecular formula is C16H14Cl2O4. The molecule has 0 aliphatic heterocycles. The van der Waals surface area contributed by atoms with Crippen LogP contribution < -0.4 is 9.47 Å². The first kappa shape index (κ1) is 16.5. The molecule has 116 valence electrons. The molecule has 0 aromatic heterocycles. The zero-order chi connectivity index (χ0) is 16.1. The summed E-state index contributed by atoms with van der Waals surface area (Å²) in [4.78, 5) is 11.4. The molecule has 0 aliphatic carbocycles. The van der Waals surface area contributed by atoms with Crippen LogP contribution in [-0.2, 0) is 11.2 Å². The molecule has 0 bridgehead atoms. The average Bonchev–Trinajstić information content (AvgIpc) is 2.51. The number of hydrogen-bond donors (Lipinski definition) is 1. The Morgan fingerprint density at radius 1 is 1.09 bits per heavy atom. The summed E-state index contributed by atoms with van der Waals surface area (Å²) < 4.78 is 10.6. The molecule has 22 heavy (non-hydrogen) atoms. The number of carboxylic acids is 1. The van der Waals surface area contributed by atoms with Crippen LogP contribution in [0.4, 0.5) is 0 Å². The van der Waals surface area contributed by atoms with Gasteiger partial charge < -0.3 is 14.6 Å². The van der Waals surface area contributed by atoms with E-state index in [9.17, 15) is 9.90 Å². The lowest BCUT2D eigenvalue weighted by Gasteiger charge is -2.16. The van der Waals surface area contributed by atoms with Gasteiger partial charge in [0.2, 0.25) is 0 Å². The number of carboxylic acid groups (broad SMARTS) is 1. The number of methoxy groups -OCH3 is 1. The third kappa shape index (κ3) is 4.29. The van der Waals surface area contributed by atoms with Crippen LogP contribution in [0.1, 0.15) is 5.56 Å². The molecule has 1 unspecified atom stereocenters. The quantitative estimate of drug-likeness (QED) is 0.860. The van der Waals surface area contributed by atoms with E-state index in [0.717, 1.165) is 5.56 Å².